The molecule has 19 heavy (non-hydrogen) atoms. The van der Waals surface area contributed by atoms with Gasteiger partial charge in [-0.1, -0.05) is 30.3 Å². The maximum atomic E-state index is 12.3. The summed E-state index contributed by atoms with van der Waals surface area (Å²) >= 11 is 0. The van der Waals surface area contributed by atoms with Crippen LogP contribution < -0.4 is 5.32 Å². The van der Waals surface area contributed by atoms with Crippen molar-refractivity contribution in [3.63, 3.8) is 0 Å². The first-order chi connectivity index (χ1) is 8.70. The number of carbonyl (C=O) groups excluding carboxylic acids is 1. The Kier molecular flexibility index (Phi) is 9.21. The molecule has 0 saturated heterocycles. The van der Waals surface area contributed by atoms with Gasteiger partial charge in [0.15, 0.2) is 6.10 Å². The van der Waals surface area contributed by atoms with Gasteiger partial charge in [-0.2, -0.15) is 0 Å². The summed E-state index contributed by atoms with van der Waals surface area (Å²) in [5.74, 6) is -0.00157. The fraction of sp³-hybridized carbons (Fsp3) is 0.500. The number of benzene rings is 1. The molecule has 1 unspecified atom stereocenters. The third-order valence-electron chi connectivity index (χ3n) is 2.73. The SMILES string of the molecule is CCOC(C(=O)N(C)CCNC)c1ccccc1.Cl. The van der Waals surface area contributed by atoms with Crippen LogP contribution in [0, 0.1) is 0 Å². The van der Waals surface area contributed by atoms with Crippen LogP contribution in [0.25, 0.3) is 0 Å². The number of nitrogens with zero attached hydrogens (tertiary/aromatic N) is 1. The highest BCUT2D eigenvalue weighted by molar-refractivity contribution is 5.85. The zero-order chi connectivity index (χ0) is 13.4. The van der Waals surface area contributed by atoms with E-state index >= 15 is 0 Å². The summed E-state index contributed by atoms with van der Waals surface area (Å²) in [7, 11) is 3.67. The second-order valence-corrected chi connectivity index (χ2v) is 4.11. The van der Waals surface area contributed by atoms with Crippen molar-refractivity contribution in [1.29, 1.82) is 0 Å². The molecule has 0 aromatic heterocycles. The number of rotatable bonds is 7. The zero-order valence-corrected chi connectivity index (χ0v) is 12.6. The van der Waals surface area contributed by atoms with Crippen molar-refractivity contribution in [2.75, 3.05) is 33.8 Å². The lowest BCUT2D eigenvalue weighted by Crippen LogP contribution is -2.37. The van der Waals surface area contributed by atoms with E-state index in [2.05, 4.69) is 5.32 Å². The molecule has 0 bridgehead atoms. The lowest BCUT2D eigenvalue weighted by molar-refractivity contribution is -0.142. The van der Waals surface area contributed by atoms with Crippen LogP contribution in [0.3, 0.4) is 0 Å². The van der Waals surface area contributed by atoms with Crippen LogP contribution in [0.5, 0.6) is 0 Å². The Morgan fingerprint density at radius 1 is 1.37 bits per heavy atom. The molecule has 1 aromatic carbocycles. The van der Waals surface area contributed by atoms with Crippen LogP contribution in [-0.4, -0.2) is 44.6 Å². The van der Waals surface area contributed by atoms with Crippen molar-refractivity contribution in [3.05, 3.63) is 35.9 Å². The molecule has 0 spiro atoms. The van der Waals surface area contributed by atoms with Crippen molar-refractivity contribution in [2.45, 2.75) is 13.0 Å². The summed E-state index contributed by atoms with van der Waals surface area (Å²) in [6, 6.07) is 9.61. The molecule has 0 aliphatic heterocycles. The predicted octanol–water partition coefficient (Wildman–Crippen LogP) is 1.86. The second kappa shape index (κ2) is 9.78. The Bertz CT molecular complexity index is 360. The van der Waals surface area contributed by atoms with Crippen molar-refractivity contribution in [1.82, 2.24) is 10.2 Å². The van der Waals surface area contributed by atoms with Crippen molar-refractivity contribution < 1.29 is 9.53 Å². The number of hydrogen-bond donors (Lipinski definition) is 1. The van der Waals surface area contributed by atoms with Gasteiger partial charge in [0.2, 0.25) is 0 Å². The number of carbonyl (C=O) groups is 1. The third-order valence-corrected chi connectivity index (χ3v) is 2.73. The fourth-order valence-corrected chi connectivity index (χ4v) is 1.69. The molecule has 0 heterocycles. The normalized spacial score (nSPS) is 11.5. The number of halogens is 1. The minimum Gasteiger partial charge on any atom is -0.364 e. The number of likely N-dealkylation sites (N-methyl/N-ethyl adjacent to an activating group) is 2. The Morgan fingerprint density at radius 3 is 2.53 bits per heavy atom. The number of amides is 1. The topological polar surface area (TPSA) is 41.6 Å². The number of hydrogen-bond acceptors (Lipinski definition) is 3. The summed E-state index contributed by atoms with van der Waals surface area (Å²) in [5, 5.41) is 3.03. The molecule has 5 heteroatoms. The van der Waals surface area contributed by atoms with Gasteiger partial charge in [-0.15, -0.1) is 12.4 Å². The van der Waals surface area contributed by atoms with Crippen LogP contribution in [0.15, 0.2) is 30.3 Å². The molecular formula is C14H23ClN2O2. The fourth-order valence-electron chi connectivity index (χ4n) is 1.69. The zero-order valence-electron chi connectivity index (χ0n) is 11.8. The molecule has 1 aromatic rings. The smallest absolute Gasteiger partial charge is 0.256 e. The highest BCUT2D eigenvalue weighted by Gasteiger charge is 2.23. The van der Waals surface area contributed by atoms with Gasteiger partial charge in [0.1, 0.15) is 0 Å². The van der Waals surface area contributed by atoms with E-state index in [1.165, 1.54) is 0 Å². The first kappa shape index (κ1) is 17.9. The monoisotopic (exact) mass is 286 g/mol. The molecule has 4 nitrogen and oxygen atoms in total. The van der Waals surface area contributed by atoms with Gasteiger partial charge in [0.25, 0.3) is 5.91 Å². The molecule has 0 radical (unpaired) electrons. The first-order valence-electron chi connectivity index (χ1n) is 6.26. The van der Waals surface area contributed by atoms with Crippen molar-refractivity contribution in [3.8, 4) is 0 Å². The summed E-state index contributed by atoms with van der Waals surface area (Å²) in [5.41, 5.74) is 0.903. The van der Waals surface area contributed by atoms with Gasteiger partial charge >= 0.3 is 0 Å². The second-order valence-electron chi connectivity index (χ2n) is 4.11. The van der Waals surface area contributed by atoms with Crippen LogP contribution in [0.2, 0.25) is 0 Å². The van der Waals surface area contributed by atoms with Crippen molar-refractivity contribution in [2.24, 2.45) is 0 Å². The first-order valence-corrected chi connectivity index (χ1v) is 6.26. The van der Waals surface area contributed by atoms with Gasteiger partial charge in [0.05, 0.1) is 0 Å². The van der Waals surface area contributed by atoms with Crippen LogP contribution >= 0.6 is 12.4 Å². The van der Waals surface area contributed by atoms with Gasteiger partial charge in [-0.05, 0) is 19.5 Å². The van der Waals surface area contributed by atoms with E-state index in [0.717, 1.165) is 12.1 Å². The summed E-state index contributed by atoms with van der Waals surface area (Å²) in [4.78, 5) is 14.0. The molecule has 0 saturated carbocycles. The van der Waals surface area contributed by atoms with E-state index in [1.807, 2.05) is 44.3 Å². The van der Waals surface area contributed by atoms with Gasteiger partial charge in [-0.25, -0.2) is 0 Å². The van der Waals surface area contributed by atoms with E-state index in [9.17, 15) is 4.79 Å². The Balaban J connectivity index is 0.00000324. The van der Waals surface area contributed by atoms with Gasteiger partial charge in [0, 0.05) is 26.7 Å². The number of ether oxygens (including phenoxy) is 1. The average Bonchev–Trinajstić information content (AvgIpc) is 2.42. The highest BCUT2D eigenvalue weighted by atomic mass is 35.5. The van der Waals surface area contributed by atoms with E-state index in [0.29, 0.717) is 13.2 Å². The largest absolute Gasteiger partial charge is 0.364 e. The third kappa shape index (κ3) is 5.59. The summed E-state index contributed by atoms with van der Waals surface area (Å²) in [6.07, 6.45) is -0.502. The molecule has 1 amide bonds. The molecular weight excluding hydrogens is 264 g/mol. The van der Waals surface area contributed by atoms with Crippen LogP contribution in [-0.2, 0) is 9.53 Å². The van der Waals surface area contributed by atoms with Gasteiger partial charge in [-0.3, -0.25) is 4.79 Å². The minimum atomic E-state index is -0.502. The molecule has 0 fully saturated rings. The average molecular weight is 287 g/mol. The molecule has 1 rings (SSSR count). The van der Waals surface area contributed by atoms with Crippen LogP contribution in [0.4, 0.5) is 0 Å². The maximum Gasteiger partial charge on any atom is 0.256 e. The Hall–Kier alpha value is -1.10. The van der Waals surface area contributed by atoms with E-state index in [-0.39, 0.29) is 18.3 Å². The standard InChI is InChI=1S/C14H22N2O2.ClH/c1-4-18-13(12-8-6-5-7-9-12)14(17)16(3)11-10-15-2;/h5-9,13,15H,4,10-11H2,1-3H3;1H. The van der Waals surface area contributed by atoms with E-state index in [4.69, 9.17) is 4.74 Å². The molecule has 0 aliphatic rings. The quantitative estimate of drug-likeness (QED) is 0.832. The van der Waals surface area contributed by atoms with E-state index in [1.54, 1.807) is 11.9 Å². The Labute approximate surface area is 121 Å². The highest BCUT2D eigenvalue weighted by Crippen LogP contribution is 2.19. The summed E-state index contributed by atoms with van der Waals surface area (Å²) < 4.78 is 5.58. The van der Waals surface area contributed by atoms with Gasteiger partial charge < -0.3 is 15.0 Å². The van der Waals surface area contributed by atoms with Crippen LogP contribution in [0.1, 0.15) is 18.6 Å². The lowest BCUT2D eigenvalue weighted by atomic mass is 10.1. The minimum absolute atomic E-state index is 0. The molecule has 1 N–H and O–H groups in total. The molecule has 1 atom stereocenters. The summed E-state index contributed by atoms with van der Waals surface area (Å²) in [6.45, 7) is 3.86. The van der Waals surface area contributed by atoms with E-state index < -0.39 is 6.10 Å². The molecule has 108 valence electrons. The predicted molar refractivity (Wildman–Crippen MR) is 79.6 cm³/mol. The number of nitrogens with one attached hydrogen (secondary N) is 1. The lowest BCUT2D eigenvalue weighted by Gasteiger charge is -2.24. The maximum absolute atomic E-state index is 12.3. The van der Waals surface area contributed by atoms with Crippen molar-refractivity contribution >= 4 is 18.3 Å². The Morgan fingerprint density at radius 2 is 2.00 bits per heavy atom. The molecule has 0 aliphatic carbocycles.